The highest BCUT2D eigenvalue weighted by Crippen LogP contribution is 2.47. The molecule has 7 rings (SSSR count). The monoisotopic (exact) mass is 366 g/mol. The molecule has 0 saturated carbocycles. The lowest BCUT2D eigenvalue weighted by Crippen LogP contribution is -1.86. The van der Waals surface area contributed by atoms with E-state index in [9.17, 15) is 0 Å². The van der Waals surface area contributed by atoms with Gasteiger partial charge in [-0.05, 0) is 71.8 Å². The second kappa shape index (κ2) is 5.46. The van der Waals surface area contributed by atoms with Crippen molar-refractivity contribution in [3.63, 3.8) is 0 Å². The molecule has 134 valence electrons. The van der Waals surface area contributed by atoms with Gasteiger partial charge in [0, 0.05) is 0 Å². The Morgan fingerprint density at radius 1 is 0.345 bits per heavy atom. The number of hydrogen-bond donors (Lipinski definition) is 0. The fourth-order valence-corrected chi connectivity index (χ4v) is 5.36. The Hall–Kier alpha value is -3.64. The summed E-state index contributed by atoms with van der Waals surface area (Å²) >= 11 is 0. The van der Waals surface area contributed by atoms with Gasteiger partial charge in [-0.15, -0.1) is 0 Å². The zero-order valence-electron chi connectivity index (χ0n) is 15.9. The molecule has 0 aromatic heterocycles. The van der Waals surface area contributed by atoms with Crippen LogP contribution in [-0.2, 0) is 6.42 Å². The lowest BCUT2D eigenvalue weighted by atomic mass is 9.91. The minimum absolute atomic E-state index is 1.02. The van der Waals surface area contributed by atoms with Crippen molar-refractivity contribution in [2.24, 2.45) is 0 Å². The highest BCUT2D eigenvalue weighted by molar-refractivity contribution is 6.19. The zero-order chi connectivity index (χ0) is 18.9. The largest absolute Gasteiger partial charge is 0.0616 e. The van der Waals surface area contributed by atoms with Crippen molar-refractivity contribution < 1.29 is 0 Å². The number of hydrogen-bond acceptors (Lipinski definition) is 0. The van der Waals surface area contributed by atoms with Crippen molar-refractivity contribution in [1.82, 2.24) is 0 Å². The minimum atomic E-state index is 1.02. The smallest absolute Gasteiger partial charge is 0.00130 e. The Balaban J connectivity index is 1.66. The number of benzene rings is 6. The number of rotatable bonds is 0. The maximum absolute atomic E-state index is 2.34. The van der Waals surface area contributed by atoms with Gasteiger partial charge in [-0.3, -0.25) is 0 Å². The third-order valence-corrected chi connectivity index (χ3v) is 6.66. The van der Waals surface area contributed by atoms with E-state index in [0.29, 0.717) is 0 Å². The van der Waals surface area contributed by atoms with Gasteiger partial charge in [-0.2, -0.15) is 0 Å². The molecule has 0 amide bonds. The summed E-state index contributed by atoms with van der Waals surface area (Å²) in [5.74, 6) is 0. The standard InChI is InChI=1S/C29H18/c1-3-7-22-18(5-1)9-15-26-24(22)13-11-20-17-21-12-14-25-23-8-4-2-6-19(23)10-16-27(25)29(21)28(20)26/h1-16H,17H2. The van der Waals surface area contributed by atoms with Crippen LogP contribution in [0.3, 0.4) is 0 Å². The molecule has 6 aromatic carbocycles. The van der Waals surface area contributed by atoms with Crippen LogP contribution in [0, 0.1) is 0 Å². The van der Waals surface area contributed by atoms with Gasteiger partial charge in [0.1, 0.15) is 0 Å². The van der Waals surface area contributed by atoms with E-state index < -0.39 is 0 Å². The van der Waals surface area contributed by atoms with Crippen LogP contribution in [0.2, 0.25) is 0 Å². The topological polar surface area (TPSA) is 0 Å². The van der Waals surface area contributed by atoms with E-state index in [1.54, 1.807) is 0 Å². The molecule has 1 aliphatic carbocycles. The Labute approximate surface area is 169 Å². The van der Waals surface area contributed by atoms with Crippen LogP contribution in [0.15, 0.2) is 97.1 Å². The van der Waals surface area contributed by atoms with E-state index in [1.165, 1.54) is 65.3 Å². The molecule has 6 aromatic rings. The molecule has 0 radical (unpaired) electrons. The average molecular weight is 366 g/mol. The fourth-order valence-electron chi connectivity index (χ4n) is 5.36. The van der Waals surface area contributed by atoms with Crippen LogP contribution in [0.25, 0.3) is 54.2 Å². The van der Waals surface area contributed by atoms with Crippen molar-refractivity contribution in [3.8, 4) is 11.1 Å². The van der Waals surface area contributed by atoms with E-state index in [4.69, 9.17) is 0 Å². The van der Waals surface area contributed by atoms with Crippen LogP contribution in [0.1, 0.15) is 11.1 Å². The summed E-state index contributed by atoms with van der Waals surface area (Å²) in [6.45, 7) is 0. The SMILES string of the molecule is c1ccc2c(c1)ccc1c3c(ccc12)Cc1ccc2c(ccc4ccccc42)c1-3. The molecular formula is C29H18. The van der Waals surface area contributed by atoms with E-state index in [1.807, 2.05) is 0 Å². The minimum Gasteiger partial charge on any atom is -0.0616 e. The van der Waals surface area contributed by atoms with Gasteiger partial charge in [0.2, 0.25) is 0 Å². The summed E-state index contributed by atoms with van der Waals surface area (Å²) in [4.78, 5) is 0. The molecule has 0 spiro atoms. The molecule has 0 saturated heterocycles. The van der Waals surface area contributed by atoms with Crippen LogP contribution >= 0.6 is 0 Å². The fraction of sp³-hybridized carbons (Fsp3) is 0.0345. The van der Waals surface area contributed by atoms with Gasteiger partial charge in [-0.25, -0.2) is 0 Å². The van der Waals surface area contributed by atoms with Crippen molar-refractivity contribution >= 4 is 43.1 Å². The summed E-state index contributed by atoms with van der Waals surface area (Å²) < 4.78 is 0. The Morgan fingerprint density at radius 2 is 0.793 bits per heavy atom. The third kappa shape index (κ3) is 1.98. The molecule has 0 aliphatic heterocycles. The van der Waals surface area contributed by atoms with Gasteiger partial charge in [0.15, 0.2) is 0 Å². The van der Waals surface area contributed by atoms with E-state index in [-0.39, 0.29) is 0 Å². The predicted octanol–water partition coefficient (Wildman–Crippen LogP) is 7.87. The predicted molar refractivity (Wildman–Crippen MR) is 125 cm³/mol. The van der Waals surface area contributed by atoms with Crippen LogP contribution < -0.4 is 0 Å². The maximum atomic E-state index is 2.34. The van der Waals surface area contributed by atoms with Crippen molar-refractivity contribution in [2.75, 3.05) is 0 Å². The summed E-state index contributed by atoms with van der Waals surface area (Å²) in [5, 5.41) is 10.8. The molecule has 0 atom stereocenters. The van der Waals surface area contributed by atoms with E-state index in [2.05, 4.69) is 97.1 Å². The average Bonchev–Trinajstić information content (AvgIpc) is 3.18. The summed E-state index contributed by atoms with van der Waals surface area (Å²) in [6, 6.07) is 36.0. The van der Waals surface area contributed by atoms with Gasteiger partial charge in [0.25, 0.3) is 0 Å². The van der Waals surface area contributed by atoms with E-state index >= 15 is 0 Å². The quantitative estimate of drug-likeness (QED) is 0.240. The molecule has 0 bridgehead atoms. The van der Waals surface area contributed by atoms with Crippen LogP contribution in [0.5, 0.6) is 0 Å². The first-order chi connectivity index (χ1) is 14.4. The van der Waals surface area contributed by atoms with Gasteiger partial charge >= 0.3 is 0 Å². The van der Waals surface area contributed by atoms with Crippen molar-refractivity contribution in [2.45, 2.75) is 6.42 Å². The lowest BCUT2D eigenvalue weighted by Gasteiger charge is -2.13. The molecule has 0 heterocycles. The highest BCUT2D eigenvalue weighted by Gasteiger charge is 2.23. The van der Waals surface area contributed by atoms with Gasteiger partial charge < -0.3 is 0 Å². The molecule has 0 unspecified atom stereocenters. The van der Waals surface area contributed by atoms with Crippen LogP contribution in [0.4, 0.5) is 0 Å². The summed E-state index contributed by atoms with van der Waals surface area (Å²) in [5.41, 5.74) is 5.76. The van der Waals surface area contributed by atoms with Crippen LogP contribution in [-0.4, -0.2) is 0 Å². The summed E-state index contributed by atoms with van der Waals surface area (Å²) in [6.07, 6.45) is 1.02. The molecule has 29 heavy (non-hydrogen) atoms. The normalized spacial score (nSPS) is 12.7. The molecule has 1 aliphatic rings. The molecule has 0 heteroatoms. The summed E-state index contributed by atoms with van der Waals surface area (Å²) in [7, 11) is 0. The second-order valence-electron chi connectivity index (χ2n) is 8.14. The zero-order valence-corrected chi connectivity index (χ0v) is 15.9. The Kier molecular flexibility index (Phi) is 2.88. The molecule has 0 fully saturated rings. The Morgan fingerprint density at radius 3 is 1.31 bits per heavy atom. The number of fused-ring (bicyclic) bond motifs is 11. The van der Waals surface area contributed by atoms with E-state index in [0.717, 1.165) is 6.42 Å². The lowest BCUT2D eigenvalue weighted by molar-refractivity contribution is 1.27. The first kappa shape index (κ1) is 15.3. The van der Waals surface area contributed by atoms with Gasteiger partial charge in [-0.1, -0.05) is 97.1 Å². The molecule has 0 nitrogen and oxygen atoms in total. The first-order valence-electron chi connectivity index (χ1n) is 10.3. The maximum Gasteiger partial charge on any atom is -0.00130 e. The van der Waals surface area contributed by atoms with Crippen molar-refractivity contribution in [1.29, 1.82) is 0 Å². The second-order valence-corrected chi connectivity index (χ2v) is 8.14. The van der Waals surface area contributed by atoms with Crippen molar-refractivity contribution in [3.05, 3.63) is 108 Å². The molecule has 0 N–H and O–H groups in total. The molecular weight excluding hydrogens is 348 g/mol. The highest BCUT2D eigenvalue weighted by atomic mass is 14.3. The van der Waals surface area contributed by atoms with Gasteiger partial charge in [0.05, 0.1) is 0 Å². The third-order valence-electron chi connectivity index (χ3n) is 6.66. The Bertz CT molecular complexity index is 1500. The first-order valence-corrected chi connectivity index (χ1v) is 10.3.